The standard InChI is InChI=1S/C14H19N3OS/c1-9(18)7-16-10(2)13-11(3)17-14(19-13)12-5-4-6-15-8-12/h4-6,8-10,16,18H,7H2,1-3H3. The van der Waals surface area contributed by atoms with E-state index in [2.05, 4.69) is 22.2 Å². The molecule has 0 aliphatic heterocycles. The lowest BCUT2D eigenvalue weighted by molar-refractivity contribution is 0.187. The highest BCUT2D eigenvalue weighted by molar-refractivity contribution is 7.15. The SMILES string of the molecule is Cc1nc(-c2cccnc2)sc1C(C)NCC(C)O. The van der Waals surface area contributed by atoms with Crippen molar-refractivity contribution in [1.82, 2.24) is 15.3 Å². The number of aliphatic hydroxyl groups excluding tert-OH is 1. The Labute approximate surface area is 117 Å². The Morgan fingerprint density at radius 2 is 2.21 bits per heavy atom. The van der Waals surface area contributed by atoms with E-state index in [1.54, 1.807) is 24.5 Å². The van der Waals surface area contributed by atoms with Crippen LogP contribution in [0.1, 0.15) is 30.5 Å². The van der Waals surface area contributed by atoms with E-state index >= 15 is 0 Å². The van der Waals surface area contributed by atoms with Crippen molar-refractivity contribution < 1.29 is 5.11 Å². The number of thiazole rings is 1. The summed E-state index contributed by atoms with van der Waals surface area (Å²) in [5.74, 6) is 0. The molecule has 2 unspecified atom stereocenters. The molecule has 0 aliphatic rings. The summed E-state index contributed by atoms with van der Waals surface area (Å²) in [4.78, 5) is 9.94. The number of nitrogens with zero attached hydrogens (tertiary/aromatic N) is 2. The van der Waals surface area contributed by atoms with E-state index in [9.17, 15) is 5.11 Å². The van der Waals surface area contributed by atoms with E-state index in [0.29, 0.717) is 6.54 Å². The third kappa shape index (κ3) is 3.59. The van der Waals surface area contributed by atoms with Crippen LogP contribution in [0.4, 0.5) is 0 Å². The summed E-state index contributed by atoms with van der Waals surface area (Å²) < 4.78 is 0. The van der Waals surface area contributed by atoms with Crippen molar-refractivity contribution in [3.8, 4) is 10.6 Å². The minimum Gasteiger partial charge on any atom is -0.392 e. The van der Waals surface area contributed by atoms with Crippen LogP contribution >= 0.6 is 11.3 Å². The molecule has 2 atom stereocenters. The van der Waals surface area contributed by atoms with Gasteiger partial charge in [0.2, 0.25) is 0 Å². The first-order valence-electron chi connectivity index (χ1n) is 6.37. The van der Waals surface area contributed by atoms with E-state index in [-0.39, 0.29) is 12.1 Å². The number of aromatic nitrogens is 2. The maximum Gasteiger partial charge on any atom is 0.125 e. The largest absolute Gasteiger partial charge is 0.392 e. The Bertz CT molecular complexity index is 525. The van der Waals surface area contributed by atoms with Gasteiger partial charge in [-0.3, -0.25) is 4.98 Å². The first kappa shape index (κ1) is 14.1. The van der Waals surface area contributed by atoms with Crippen LogP contribution in [-0.2, 0) is 0 Å². The van der Waals surface area contributed by atoms with Gasteiger partial charge in [-0.05, 0) is 32.9 Å². The highest BCUT2D eigenvalue weighted by Gasteiger charge is 2.15. The number of hydrogen-bond acceptors (Lipinski definition) is 5. The fourth-order valence-corrected chi connectivity index (χ4v) is 2.95. The molecule has 0 fully saturated rings. The number of hydrogen-bond donors (Lipinski definition) is 2. The average Bonchev–Trinajstić information content (AvgIpc) is 2.79. The maximum absolute atomic E-state index is 9.32. The van der Waals surface area contributed by atoms with Gasteiger partial charge in [-0.2, -0.15) is 0 Å². The van der Waals surface area contributed by atoms with Crippen LogP contribution in [0.2, 0.25) is 0 Å². The van der Waals surface area contributed by atoms with Crippen LogP contribution in [0.3, 0.4) is 0 Å². The van der Waals surface area contributed by atoms with E-state index in [4.69, 9.17) is 0 Å². The zero-order valence-electron chi connectivity index (χ0n) is 11.4. The molecule has 2 N–H and O–H groups in total. The van der Waals surface area contributed by atoms with Crippen molar-refractivity contribution in [2.24, 2.45) is 0 Å². The molecule has 2 heterocycles. The van der Waals surface area contributed by atoms with E-state index in [0.717, 1.165) is 16.3 Å². The van der Waals surface area contributed by atoms with Gasteiger partial charge in [0.15, 0.2) is 0 Å². The van der Waals surface area contributed by atoms with Crippen molar-refractivity contribution in [3.63, 3.8) is 0 Å². The first-order chi connectivity index (χ1) is 9.08. The van der Waals surface area contributed by atoms with Crippen LogP contribution in [0.15, 0.2) is 24.5 Å². The minimum atomic E-state index is -0.339. The smallest absolute Gasteiger partial charge is 0.125 e. The Balaban J connectivity index is 2.17. The summed E-state index contributed by atoms with van der Waals surface area (Å²) in [5, 5.41) is 13.6. The third-order valence-electron chi connectivity index (χ3n) is 2.85. The average molecular weight is 277 g/mol. The molecular weight excluding hydrogens is 258 g/mol. The topological polar surface area (TPSA) is 58.0 Å². The van der Waals surface area contributed by atoms with Gasteiger partial charge in [0.05, 0.1) is 11.8 Å². The summed E-state index contributed by atoms with van der Waals surface area (Å²) in [6.07, 6.45) is 3.25. The molecule has 0 saturated heterocycles. The second-order valence-corrected chi connectivity index (χ2v) is 5.72. The number of nitrogens with one attached hydrogen (secondary N) is 1. The highest BCUT2D eigenvalue weighted by Crippen LogP contribution is 2.31. The number of aliphatic hydroxyl groups is 1. The van der Waals surface area contributed by atoms with Crippen LogP contribution < -0.4 is 5.32 Å². The molecular formula is C14H19N3OS. The lowest BCUT2D eigenvalue weighted by Gasteiger charge is -2.13. The van der Waals surface area contributed by atoms with E-state index in [1.165, 1.54) is 4.88 Å². The third-order valence-corrected chi connectivity index (χ3v) is 4.24. The Morgan fingerprint density at radius 1 is 1.42 bits per heavy atom. The summed E-state index contributed by atoms with van der Waals surface area (Å²) in [6, 6.07) is 4.13. The summed E-state index contributed by atoms with van der Waals surface area (Å²) in [6.45, 7) is 6.48. The molecule has 19 heavy (non-hydrogen) atoms. The maximum atomic E-state index is 9.32. The van der Waals surface area contributed by atoms with Crippen LogP contribution in [0, 0.1) is 6.92 Å². The highest BCUT2D eigenvalue weighted by atomic mass is 32.1. The second kappa shape index (κ2) is 6.23. The minimum absolute atomic E-state index is 0.192. The van der Waals surface area contributed by atoms with Crippen molar-refractivity contribution >= 4 is 11.3 Å². The molecule has 2 aromatic heterocycles. The summed E-state index contributed by atoms with van der Waals surface area (Å²) in [7, 11) is 0. The molecule has 0 radical (unpaired) electrons. The molecule has 0 saturated carbocycles. The van der Waals surface area contributed by atoms with Gasteiger partial charge in [0.1, 0.15) is 5.01 Å². The first-order valence-corrected chi connectivity index (χ1v) is 7.18. The number of aryl methyl sites for hydroxylation is 1. The van der Waals surface area contributed by atoms with Gasteiger partial charge in [-0.15, -0.1) is 11.3 Å². The molecule has 2 aromatic rings. The molecule has 0 aromatic carbocycles. The monoisotopic (exact) mass is 277 g/mol. The lowest BCUT2D eigenvalue weighted by atomic mass is 10.2. The fraction of sp³-hybridized carbons (Fsp3) is 0.429. The molecule has 4 nitrogen and oxygen atoms in total. The van der Waals surface area contributed by atoms with Gasteiger partial charge >= 0.3 is 0 Å². The van der Waals surface area contributed by atoms with Gasteiger partial charge < -0.3 is 10.4 Å². The molecule has 2 rings (SSSR count). The Hall–Kier alpha value is -1.30. The zero-order chi connectivity index (χ0) is 13.8. The van der Waals surface area contributed by atoms with Gasteiger partial charge in [-0.25, -0.2) is 4.98 Å². The summed E-state index contributed by atoms with van der Waals surface area (Å²) >= 11 is 1.68. The van der Waals surface area contributed by atoms with E-state index in [1.807, 2.05) is 25.3 Å². The molecule has 0 spiro atoms. The van der Waals surface area contributed by atoms with Crippen molar-refractivity contribution in [1.29, 1.82) is 0 Å². The van der Waals surface area contributed by atoms with Crippen LogP contribution in [0.5, 0.6) is 0 Å². The van der Waals surface area contributed by atoms with E-state index < -0.39 is 0 Å². The zero-order valence-corrected chi connectivity index (χ0v) is 12.2. The molecule has 102 valence electrons. The van der Waals surface area contributed by atoms with Gasteiger partial charge in [0.25, 0.3) is 0 Å². The van der Waals surface area contributed by atoms with Crippen molar-refractivity contribution in [3.05, 3.63) is 35.1 Å². The van der Waals surface area contributed by atoms with Crippen molar-refractivity contribution in [2.75, 3.05) is 6.54 Å². The predicted molar refractivity (Wildman–Crippen MR) is 78.2 cm³/mol. The molecule has 0 bridgehead atoms. The normalized spacial score (nSPS) is 14.3. The second-order valence-electron chi connectivity index (χ2n) is 4.69. The van der Waals surface area contributed by atoms with Crippen LogP contribution in [-0.4, -0.2) is 27.7 Å². The molecule has 0 amide bonds. The van der Waals surface area contributed by atoms with Gasteiger partial charge in [-0.1, -0.05) is 0 Å². The Morgan fingerprint density at radius 3 is 2.84 bits per heavy atom. The quantitative estimate of drug-likeness (QED) is 0.882. The fourth-order valence-electron chi connectivity index (χ4n) is 1.86. The predicted octanol–water partition coefficient (Wildman–Crippen LogP) is 2.54. The summed E-state index contributed by atoms with van der Waals surface area (Å²) in [5.41, 5.74) is 2.08. The van der Waals surface area contributed by atoms with Crippen molar-refractivity contribution in [2.45, 2.75) is 32.9 Å². The van der Waals surface area contributed by atoms with Gasteiger partial charge in [0, 0.05) is 35.4 Å². The molecule has 5 heteroatoms. The number of pyridine rings is 1. The van der Waals surface area contributed by atoms with Crippen LogP contribution in [0.25, 0.3) is 10.6 Å². The number of rotatable bonds is 5. The molecule has 0 aliphatic carbocycles. The lowest BCUT2D eigenvalue weighted by Crippen LogP contribution is -2.27. The Kier molecular flexibility index (Phi) is 4.63.